The number of ether oxygens (including phenoxy) is 1. The number of nitrogens with zero attached hydrogens (tertiary/aromatic N) is 2. The van der Waals surface area contributed by atoms with Gasteiger partial charge in [0.05, 0.1) is 0 Å². The van der Waals surface area contributed by atoms with Gasteiger partial charge in [-0.05, 0) is 37.1 Å². The Bertz CT molecular complexity index is 849. The normalized spacial score (nSPS) is 11.8. The zero-order valence-electron chi connectivity index (χ0n) is 14.1. The molecule has 0 radical (unpaired) electrons. The fraction of sp³-hybridized carbons (Fsp3) is 0.211. The number of amides is 1. The van der Waals surface area contributed by atoms with Gasteiger partial charge >= 0.3 is 0 Å². The number of carbonyl (C=O) groups is 1. The highest BCUT2D eigenvalue weighted by Crippen LogP contribution is 2.19. The van der Waals surface area contributed by atoms with Gasteiger partial charge in [-0.3, -0.25) is 10.1 Å². The topological polar surface area (TPSA) is 64.1 Å². The van der Waals surface area contributed by atoms with Gasteiger partial charge in [-0.25, -0.2) is 0 Å². The highest BCUT2D eigenvalue weighted by atomic mass is 32.1. The summed E-state index contributed by atoms with van der Waals surface area (Å²) in [5, 5.41) is 12.3. The second-order valence-electron chi connectivity index (χ2n) is 5.73. The molecule has 1 aromatic heterocycles. The molecule has 128 valence electrons. The predicted molar refractivity (Wildman–Crippen MR) is 99.1 cm³/mol. The minimum atomic E-state index is -0.622. The zero-order chi connectivity index (χ0) is 17.6. The molecule has 0 spiro atoms. The van der Waals surface area contributed by atoms with Gasteiger partial charge in [0.25, 0.3) is 5.91 Å². The first-order valence-electron chi connectivity index (χ1n) is 8.00. The van der Waals surface area contributed by atoms with E-state index in [0.717, 1.165) is 16.1 Å². The molecule has 0 aliphatic rings. The summed E-state index contributed by atoms with van der Waals surface area (Å²) in [4.78, 5) is 12.3. The van der Waals surface area contributed by atoms with Crippen LogP contribution in [-0.4, -0.2) is 22.2 Å². The summed E-state index contributed by atoms with van der Waals surface area (Å²) in [6, 6.07) is 17.6. The van der Waals surface area contributed by atoms with Crippen LogP contribution in [0.25, 0.3) is 0 Å². The molecule has 0 unspecified atom stereocenters. The van der Waals surface area contributed by atoms with Gasteiger partial charge in [0.1, 0.15) is 10.8 Å². The number of anilines is 1. The van der Waals surface area contributed by atoms with Crippen molar-refractivity contribution < 1.29 is 9.53 Å². The lowest BCUT2D eigenvalue weighted by Crippen LogP contribution is -2.30. The standard InChI is InChI=1S/C19H19N3O2S/c1-13-7-6-10-16(11-13)24-14(2)18(23)20-19-22-21-17(25-19)12-15-8-4-3-5-9-15/h3-11,14H,12H2,1-2H3,(H,20,22,23)/t14-/m1/s1. The molecule has 2 aromatic carbocycles. The number of hydrogen-bond acceptors (Lipinski definition) is 5. The molecular formula is C19H19N3O2S. The predicted octanol–water partition coefficient (Wildman–Crippen LogP) is 3.84. The van der Waals surface area contributed by atoms with Crippen LogP contribution in [0.4, 0.5) is 5.13 Å². The van der Waals surface area contributed by atoms with E-state index in [4.69, 9.17) is 4.74 Å². The second kappa shape index (κ2) is 7.90. The van der Waals surface area contributed by atoms with Gasteiger partial charge in [0.2, 0.25) is 5.13 Å². The van der Waals surface area contributed by atoms with Crippen molar-refractivity contribution in [2.24, 2.45) is 0 Å². The Morgan fingerprint density at radius 1 is 1.16 bits per heavy atom. The molecule has 0 aliphatic carbocycles. The van der Waals surface area contributed by atoms with Gasteiger partial charge in [-0.2, -0.15) is 0 Å². The van der Waals surface area contributed by atoms with Crippen LogP contribution in [0.1, 0.15) is 23.1 Å². The van der Waals surface area contributed by atoms with Gasteiger partial charge in [0, 0.05) is 6.42 Å². The van der Waals surface area contributed by atoms with Crippen molar-refractivity contribution in [3.05, 3.63) is 70.7 Å². The molecule has 3 aromatic rings. The van der Waals surface area contributed by atoms with E-state index in [-0.39, 0.29) is 5.91 Å². The Balaban J connectivity index is 1.57. The smallest absolute Gasteiger partial charge is 0.266 e. The summed E-state index contributed by atoms with van der Waals surface area (Å²) in [7, 11) is 0. The lowest BCUT2D eigenvalue weighted by Gasteiger charge is -2.13. The van der Waals surface area contributed by atoms with Crippen molar-refractivity contribution in [3.63, 3.8) is 0 Å². The minimum Gasteiger partial charge on any atom is -0.481 e. The van der Waals surface area contributed by atoms with Crippen LogP contribution in [-0.2, 0) is 11.2 Å². The first kappa shape index (κ1) is 17.1. The van der Waals surface area contributed by atoms with E-state index in [0.29, 0.717) is 17.3 Å². The minimum absolute atomic E-state index is 0.246. The lowest BCUT2D eigenvalue weighted by atomic mass is 10.2. The monoisotopic (exact) mass is 353 g/mol. The summed E-state index contributed by atoms with van der Waals surface area (Å²) in [5.74, 6) is 0.425. The van der Waals surface area contributed by atoms with Crippen LogP contribution in [0.15, 0.2) is 54.6 Å². The maximum Gasteiger partial charge on any atom is 0.266 e. The Morgan fingerprint density at radius 2 is 1.96 bits per heavy atom. The van der Waals surface area contributed by atoms with Crippen LogP contribution in [0.2, 0.25) is 0 Å². The van der Waals surface area contributed by atoms with E-state index in [1.54, 1.807) is 6.92 Å². The summed E-state index contributed by atoms with van der Waals surface area (Å²) >= 11 is 1.37. The van der Waals surface area contributed by atoms with E-state index >= 15 is 0 Å². The van der Waals surface area contributed by atoms with Gasteiger partial charge in [-0.15, -0.1) is 10.2 Å². The number of benzene rings is 2. The molecule has 25 heavy (non-hydrogen) atoms. The fourth-order valence-corrected chi connectivity index (χ4v) is 3.08. The lowest BCUT2D eigenvalue weighted by molar-refractivity contribution is -0.122. The molecule has 1 N–H and O–H groups in total. The van der Waals surface area contributed by atoms with Gasteiger partial charge in [-0.1, -0.05) is 53.8 Å². The summed E-state index contributed by atoms with van der Waals surface area (Å²) in [6.07, 6.45) is 0.0762. The molecular weight excluding hydrogens is 334 g/mol. The van der Waals surface area contributed by atoms with Crippen molar-refractivity contribution in [1.29, 1.82) is 0 Å². The van der Waals surface area contributed by atoms with Crippen molar-refractivity contribution in [1.82, 2.24) is 10.2 Å². The molecule has 3 rings (SSSR count). The van der Waals surface area contributed by atoms with Crippen LogP contribution < -0.4 is 10.1 Å². The number of nitrogens with one attached hydrogen (secondary N) is 1. The third-order valence-corrected chi connectivity index (χ3v) is 4.41. The molecule has 0 fully saturated rings. The fourth-order valence-electron chi connectivity index (χ4n) is 2.30. The highest BCUT2D eigenvalue weighted by Gasteiger charge is 2.17. The van der Waals surface area contributed by atoms with E-state index < -0.39 is 6.10 Å². The highest BCUT2D eigenvalue weighted by molar-refractivity contribution is 7.15. The number of aromatic nitrogens is 2. The molecule has 0 saturated carbocycles. The van der Waals surface area contributed by atoms with Crippen LogP contribution in [0.3, 0.4) is 0 Å². The van der Waals surface area contributed by atoms with Gasteiger partial charge < -0.3 is 4.74 Å². The van der Waals surface area contributed by atoms with Crippen LogP contribution in [0.5, 0.6) is 5.75 Å². The molecule has 1 heterocycles. The Hall–Kier alpha value is -2.73. The van der Waals surface area contributed by atoms with E-state index in [2.05, 4.69) is 15.5 Å². The molecule has 1 atom stereocenters. The average molecular weight is 353 g/mol. The van der Waals surface area contributed by atoms with Crippen molar-refractivity contribution in [2.45, 2.75) is 26.4 Å². The third kappa shape index (κ3) is 4.87. The van der Waals surface area contributed by atoms with E-state index in [1.165, 1.54) is 11.3 Å². The van der Waals surface area contributed by atoms with E-state index in [1.807, 2.05) is 61.5 Å². The Morgan fingerprint density at radius 3 is 2.72 bits per heavy atom. The van der Waals surface area contributed by atoms with Gasteiger partial charge in [0.15, 0.2) is 6.10 Å². The quantitative estimate of drug-likeness (QED) is 0.731. The summed E-state index contributed by atoms with van der Waals surface area (Å²) in [6.45, 7) is 3.69. The molecule has 1 amide bonds. The first-order chi connectivity index (χ1) is 12.1. The number of rotatable bonds is 6. The molecule has 5 nitrogen and oxygen atoms in total. The third-order valence-electron chi connectivity index (χ3n) is 3.57. The molecule has 0 aliphatic heterocycles. The number of hydrogen-bond donors (Lipinski definition) is 1. The van der Waals surface area contributed by atoms with E-state index in [9.17, 15) is 4.79 Å². The summed E-state index contributed by atoms with van der Waals surface area (Å²) < 4.78 is 5.68. The Labute approximate surface area is 150 Å². The SMILES string of the molecule is Cc1cccc(O[C@H](C)C(=O)Nc2nnc(Cc3ccccc3)s2)c1. The molecule has 0 saturated heterocycles. The largest absolute Gasteiger partial charge is 0.481 e. The molecule has 6 heteroatoms. The Kier molecular flexibility index (Phi) is 5.40. The van der Waals surface area contributed by atoms with Crippen molar-refractivity contribution >= 4 is 22.4 Å². The second-order valence-corrected chi connectivity index (χ2v) is 6.79. The maximum absolute atomic E-state index is 12.3. The average Bonchev–Trinajstić information content (AvgIpc) is 3.02. The van der Waals surface area contributed by atoms with Crippen molar-refractivity contribution in [2.75, 3.05) is 5.32 Å². The van der Waals surface area contributed by atoms with Crippen molar-refractivity contribution in [3.8, 4) is 5.75 Å². The zero-order valence-corrected chi connectivity index (χ0v) is 14.9. The number of carbonyl (C=O) groups excluding carboxylic acids is 1. The molecule has 0 bridgehead atoms. The van der Waals surface area contributed by atoms with Crippen LogP contribution >= 0.6 is 11.3 Å². The van der Waals surface area contributed by atoms with Crippen LogP contribution in [0, 0.1) is 6.92 Å². The summed E-state index contributed by atoms with van der Waals surface area (Å²) in [5.41, 5.74) is 2.24. The maximum atomic E-state index is 12.3. The first-order valence-corrected chi connectivity index (χ1v) is 8.82. The number of aryl methyl sites for hydroxylation is 1.